The van der Waals surface area contributed by atoms with E-state index < -0.39 is 0 Å². The van der Waals surface area contributed by atoms with E-state index in [0.717, 1.165) is 13.0 Å². The van der Waals surface area contributed by atoms with Crippen LogP contribution in [0.4, 0.5) is 11.7 Å². The van der Waals surface area contributed by atoms with E-state index in [1.54, 1.807) is 18.2 Å². The molecule has 0 aliphatic heterocycles. The highest BCUT2D eigenvalue weighted by molar-refractivity contribution is 6.36. The molecule has 0 bridgehead atoms. The minimum Gasteiger partial charge on any atom is -0.406 e. The lowest BCUT2D eigenvalue weighted by molar-refractivity contribution is 0.424. The van der Waals surface area contributed by atoms with E-state index in [9.17, 15) is 0 Å². The quantitative estimate of drug-likeness (QED) is 0.837. The molecule has 5 nitrogen and oxygen atoms in total. The summed E-state index contributed by atoms with van der Waals surface area (Å²) in [4.78, 5) is 0. The molecule has 7 heteroatoms. The molecule has 0 fully saturated rings. The van der Waals surface area contributed by atoms with Crippen LogP contribution in [0.5, 0.6) is 0 Å². The Morgan fingerprint density at radius 3 is 2.80 bits per heavy atom. The summed E-state index contributed by atoms with van der Waals surface area (Å²) in [6.45, 7) is 4.97. The second kappa shape index (κ2) is 6.92. The fourth-order valence-corrected chi connectivity index (χ4v) is 2.07. The smallest absolute Gasteiger partial charge is 0.320 e. The third-order valence-corrected chi connectivity index (χ3v) is 3.23. The Morgan fingerprint density at radius 2 is 2.10 bits per heavy atom. The Bertz CT molecular complexity index is 573. The van der Waals surface area contributed by atoms with Gasteiger partial charge in [-0.2, -0.15) is 0 Å². The maximum atomic E-state index is 6.07. The maximum Gasteiger partial charge on any atom is 0.320 e. The van der Waals surface area contributed by atoms with Crippen molar-refractivity contribution in [2.24, 2.45) is 0 Å². The molecule has 1 heterocycles. The molecule has 0 spiro atoms. The Hall–Kier alpha value is -1.30. The molecule has 0 saturated carbocycles. The van der Waals surface area contributed by atoms with Gasteiger partial charge in [0.2, 0.25) is 5.89 Å². The van der Waals surface area contributed by atoms with E-state index in [0.29, 0.717) is 27.6 Å². The fraction of sp³-hybridized carbons (Fsp3) is 0.385. The van der Waals surface area contributed by atoms with Crippen LogP contribution in [0.3, 0.4) is 0 Å². The number of aromatic nitrogens is 2. The lowest BCUT2D eigenvalue weighted by Crippen LogP contribution is -2.19. The van der Waals surface area contributed by atoms with Crippen molar-refractivity contribution in [2.45, 2.75) is 26.3 Å². The number of hydrogen-bond donors (Lipinski definition) is 2. The average molecular weight is 315 g/mol. The van der Waals surface area contributed by atoms with Crippen LogP contribution in [0.2, 0.25) is 10.0 Å². The van der Waals surface area contributed by atoms with Gasteiger partial charge in [-0.25, -0.2) is 0 Å². The number of hydrogen-bond acceptors (Lipinski definition) is 5. The lowest BCUT2D eigenvalue weighted by atomic mass is 10.3. The van der Waals surface area contributed by atoms with Gasteiger partial charge in [0.15, 0.2) is 0 Å². The van der Waals surface area contributed by atoms with Crippen molar-refractivity contribution in [3.8, 4) is 0 Å². The number of benzene rings is 1. The summed E-state index contributed by atoms with van der Waals surface area (Å²) in [5.74, 6) is 0.533. The van der Waals surface area contributed by atoms with Crippen LogP contribution in [-0.2, 0) is 0 Å². The van der Waals surface area contributed by atoms with Crippen LogP contribution in [0.15, 0.2) is 22.6 Å². The van der Waals surface area contributed by atoms with Crippen molar-refractivity contribution >= 4 is 34.9 Å². The molecule has 1 aromatic carbocycles. The van der Waals surface area contributed by atoms with Gasteiger partial charge in [-0.1, -0.05) is 35.2 Å². The van der Waals surface area contributed by atoms with Gasteiger partial charge in [0.1, 0.15) is 0 Å². The van der Waals surface area contributed by atoms with Crippen LogP contribution in [-0.4, -0.2) is 16.7 Å². The first-order valence-electron chi connectivity index (χ1n) is 6.39. The summed E-state index contributed by atoms with van der Waals surface area (Å²) in [7, 11) is 0. The molecule has 1 atom stereocenters. The Morgan fingerprint density at radius 1 is 1.30 bits per heavy atom. The van der Waals surface area contributed by atoms with Gasteiger partial charge in [0.05, 0.1) is 16.8 Å². The second-order valence-corrected chi connectivity index (χ2v) is 5.21. The molecule has 0 amide bonds. The molecule has 0 saturated heterocycles. The number of nitrogens with one attached hydrogen (secondary N) is 2. The fourth-order valence-electron chi connectivity index (χ4n) is 1.61. The predicted molar refractivity (Wildman–Crippen MR) is 80.8 cm³/mol. The standard InChI is InChI=1S/C13H16Cl2N4O/c1-3-6-16-8(2)12-18-19-13(20-12)17-11-5-4-9(14)7-10(11)15/h4-5,7-8,16H,3,6H2,1-2H3,(H,17,19). The Kier molecular flexibility index (Phi) is 5.23. The number of halogens is 2. The molecule has 0 aliphatic carbocycles. The van der Waals surface area contributed by atoms with E-state index in [4.69, 9.17) is 27.6 Å². The topological polar surface area (TPSA) is 63.0 Å². The molecule has 0 radical (unpaired) electrons. The molecule has 20 heavy (non-hydrogen) atoms. The van der Waals surface area contributed by atoms with Gasteiger partial charge in [-0.15, -0.1) is 5.10 Å². The molecule has 2 aromatic rings. The monoisotopic (exact) mass is 314 g/mol. The van der Waals surface area contributed by atoms with Crippen molar-refractivity contribution in [3.05, 3.63) is 34.1 Å². The highest BCUT2D eigenvalue weighted by atomic mass is 35.5. The summed E-state index contributed by atoms with van der Waals surface area (Å²) < 4.78 is 5.54. The molecule has 1 unspecified atom stereocenters. The minimum atomic E-state index is 0.0127. The summed E-state index contributed by atoms with van der Waals surface area (Å²) in [6, 6.07) is 5.45. The molecule has 0 aliphatic rings. The van der Waals surface area contributed by atoms with Gasteiger partial charge < -0.3 is 15.1 Å². The van der Waals surface area contributed by atoms with E-state index in [1.807, 2.05) is 6.92 Å². The Labute approximate surface area is 127 Å². The van der Waals surface area contributed by atoms with Gasteiger partial charge in [0, 0.05) is 5.02 Å². The van der Waals surface area contributed by atoms with E-state index in [2.05, 4.69) is 27.8 Å². The zero-order valence-corrected chi connectivity index (χ0v) is 12.8. The number of rotatable bonds is 6. The Balaban J connectivity index is 2.05. The molecule has 108 valence electrons. The first-order valence-corrected chi connectivity index (χ1v) is 7.14. The molecular weight excluding hydrogens is 299 g/mol. The normalized spacial score (nSPS) is 12.4. The van der Waals surface area contributed by atoms with Crippen molar-refractivity contribution in [1.29, 1.82) is 0 Å². The van der Waals surface area contributed by atoms with E-state index in [-0.39, 0.29) is 6.04 Å². The summed E-state index contributed by atoms with van der Waals surface area (Å²) in [6.07, 6.45) is 1.05. The van der Waals surface area contributed by atoms with Crippen LogP contribution in [0.25, 0.3) is 0 Å². The summed E-state index contributed by atoms with van der Waals surface area (Å²) in [5, 5.41) is 15.3. The molecular formula is C13H16Cl2N4O. The number of nitrogens with zero attached hydrogens (tertiary/aromatic N) is 2. The van der Waals surface area contributed by atoms with E-state index in [1.165, 1.54) is 0 Å². The first kappa shape index (κ1) is 15.1. The van der Waals surface area contributed by atoms with Gasteiger partial charge >= 0.3 is 6.01 Å². The molecule has 2 N–H and O–H groups in total. The molecule has 2 rings (SSSR count). The van der Waals surface area contributed by atoms with Gasteiger partial charge in [-0.05, 0) is 38.1 Å². The third-order valence-electron chi connectivity index (χ3n) is 2.68. The van der Waals surface area contributed by atoms with Crippen molar-refractivity contribution in [1.82, 2.24) is 15.5 Å². The van der Waals surface area contributed by atoms with Gasteiger partial charge in [-0.3, -0.25) is 0 Å². The van der Waals surface area contributed by atoms with Crippen LogP contribution >= 0.6 is 23.2 Å². The third kappa shape index (κ3) is 3.85. The highest BCUT2D eigenvalue weighted by Crippen LogP contribution is 2.28. The molecule has 1 aromatic heterocycles. The zero-order valence-electron chi connectivity index (χ0n) is 11.3. The SMILES string of the molecule is CCCNC(C)c1nnc(Nc2ccc(Cl)cc2Cl)o1. The van der Waals surface area contributed by atoms with Crippen molar-refractivity contribution in [3.63, 3.8) is 0 Å². The van der Waals surface area contributed by atoms with Crippen molar-refractivity contribution < 1.29 is 4.42 Å². The maximum absolute atomic E-state index is 6.07. The highest BCUT2D eigenvalue weighted by Gasteiger charge is 2.13. The largest absolute Gasteiger partial charge is 0.406 e. The van der Waals surface area contributed by atoms with Crippen LogP contribution in [0.1, 0.15) is 32.2 Å². The first-order chi connectivity index (χ1) is 9.60. The summed E-state index contributed by atoms with van der Waals surface area (Å²) >= 11 is 11.9. The predicted octanol–water partition coefficient (Wildman–Crippen LogP) is 4.18. The average Bonchev–Trinajstić information content (AvgIpc) is 2.88. The van der Waals surface area contributed by atoms with Crippen LogP contribution < -0.4 is 10.6 Å². The zero-order chi connectivity index (χ0) is 14.5. The number of anilines is 2. The lowest BCUT2D eigenvalue weighted by Gasteiger charge is -2.07. The van der Waals surface area contributed by atoms with E-state index >= 15 is 0 Å². The second-order valence-electron chi connectivity index (χ2n) is 4.37. The van der Waals surface area contributed by atoms with Gasteiger partial charge in [0.25, 0.3) is 0 Å². The minimum absolute atomic E-state index is 0.0127. The summed E-state index contributed by atoms with van der Waals surface area (Å²) in [5.41, 5.74) is 0.667. The van der Waals surface area contributed by atoms with Crippen molar-refractivity contribution in [2.75, 3.05) is 11.9 Å². The van der Waals surface area contributed by atoms with Crippen LogP contribution in [0, 0.1) is 0 Å².